The number of hydrogen-bond donors (Lipinski definition) is 0. The molecule has 1 aromatic carbocycles. The molecule has 0 N–H and O–H groups in total. The first-order valence-electron chi connectivity index (χ1n) is 3.99. The van der Waals surface area contributed by atoms with Crippen molar-refractivity contribution in [2.24, 2.45) is 0 Å². The third-order valence-electron chi connectivity index (χ3n) is 1.83. The van der Waals surface area contributed by atoms with Crippen LogP contribution in [0.2, 0.25) is 0 Å². The highest BCUT2D eigenvalue weighted by molar-refractivity contribution is 8.13. The lowest BCUT2D eigenvalue weighted by atomic mass is 10.1. The Labute approximate surface area is 88.1 Å². The van der Waals surface area contributed by atoms with Crippen LogP contribution in [-0.2, 0) is 14.8 Å². The van der Waals surface area contributed by atoms with Gasteiger partial charge in [-0.25, -0.2) is 8.42 Å². The zero-order valence-corrected chi connectivity index (χ0v) is 9.52. The Kier molecular flexibility index (Phi) is 3.39. The quantitative estimate of drug-likeness (QED) is 0.752. The molecule has 0 radical (unpaired) electrons. The van der Waals surface area contributed by atoms with Gasteiger partial charge in [0, 0.05) is 16.2 Å². The van der Waals surface area contributed by atoms with Crippen LogP contribution in [0.15, 0.2) is 18.2 Å². The molecular formula is C9H11ClO3S. The van der Waals surface area contributed by atoms with Crippen LogP contribution in [0.1, 0.15) is 11.1 Å². The molecule has 0 bridgehead atoms. The van der Waals surface area contributed by atoms with Gasteiger partial charge in [0.2, 0.25) is 9.05 Å². The average molecular weight is 235 g/mol. The van der Waals surface area contributed by atoms with Gasteiger partial charge in [-0.1, -0.05) is 18.2 Å². The molecule has 0 amide bonds. The highest BCUT2D eigenvalue weighted by Gasteiger charge is 2.12. The van der Waals surface area contributed by atoms with E-state index >= 15 is 0 Å². The van der Waals surface area contributed by atoms with Crippen LogP contribution in [0, 0.1) is 6.92 Å². The van der Waals surface area contributed by atoms with E-state index in [1.54, 1.807) is 12.1 Å². The lowest BCUT2D eigenvalue weighted by molar-refractivity contribution is 0.408. The largest absolute Gasteiger partial charge is 0.496 e. The molecule has 0 aliphatic carbocycles. The fraction of sp³-hybridized carbons (Fsp3) is 0.333. The number of rotatable bonds is 3. The number of halogens is 1. The number of methoxy groups -OCH3 is 1. The minimum absolute atomic E-state index is 0.209. The summed E-state index contributed by atoms with van der Waals surface area (Å²) < 4.78 is 26.9. The van der Waals surface area contributed by atoms with Gasteiger partial charge in [0.1, 0.15) is 5.75 Å². The maximum atomic E-state index is 10.9. The monoisotopic (exact) mass is 234 g/mol. The summed E-state index contributed by atoms with van der Waals surface area (Å²) in [6.45, 7) is 1.85. The van der Waals surface area contributed by atoms with Gasteiger partial charge in [0.25, 0.3) is 0 Å². The molecule has 0 fully saturated rings. The highest BCUT2D eigenvalue weighted by Crippen LogP contribution is 2.25. The second-order valence-corrected chi connectivity index (χ2v) is 5.73. The summed E-state index contributed by atoms with van der Waals surface area (Å²) in [5.41, 5.74) is 1.48. The van der Waals surface area contributed by atoms with Crippen molar-refractivity contribution in [1.82, 2.24) is 0 Å². The molecule has 0 aliphatic heterocycles. The third-order valence-corrected chi connectivity index (χ3v) is 2.81. The molecule has 14 heavy (non-hydrogen) atoms. The SMILES string of the molecule is COc1c(C)cccc1CS(=O)(=O)Cl. The van der Waals surface area contributed by atoms with Gasteiger partial charge in [-0.3, -0.25) is 0 Å². The number of benzene rings is 1. The Balaban J connectivity index is 3.15. The Morgan fingerprint density at radius 3 is 2.57 bits per heavy atom. The van der Waals surface area contributed by atoms with E-state index in [9.17, 15) is 8.42 Å². The van der Waals surface area contributed by atoms with Crippen molar-refractivity contribution in [2.75, 3.05) is 7.11 Å². The van der Waals surface area contributed by atoms with Crippen LogP contribution in [-0.4, -0.2) is 15.5 Å². The van der Waals surface area contributed by atoms with Crippen molar-refractivity contribution in [1.29, 1.82) is 0 Å². The van der Waals surface area contributed by atoms with Gasteiger partial charge in [-0.2, -0.15) is 0 Å². The van der Waals surface area contributed by atoms with E-state index in [2.05, 4.69) is 0 Å². The van der Waals surface area contributed by atoms with Crippen molar-refractivity contribution in [3.05, 3.63) is 29.3 Å². The van der Waals surface area contributed by atoms with Crippen molar-refractivity contribution in [2.45, 2.75) is 12.7 Å². The van der Waals surface area contributed by atoms with Crippen LogP contribution in [0.3, 0.4) is 0 Å². The molecule has 5 heteroatoms. The standard InChI is InChI=1S/C9H11ClO3S/c1-7-4-3-5-8(9(7)13-2)6-14(10,11)12/h3-5H,6H2,1-2H3. The zero-order chi connectivity index (χ0) is 10.8. The maximum absolute atomic E-state index is 10.9. The number of hydrogen-bond acceptors (Lipinski definition) is 3. The first-order chi connectivity index (χ1) is 6.44. The van der Waals surface area contributed by atoms with Gasteiger partial charge in [0.05, 0.1) is 12.9 Å². The Morgan fingerprint density at radius 1 is 1.43 bits per heavy atom. The smallest absolute Gasteiger partial charge is 0.236 e. The van der Waals surface area contributed by atoms with E-state index in [0.717, 1.165) is 5.56 Å². The van der Waals surface area contributed by atoms with Crippen molar-refractivity contribution in [3.63, 3.8) is 0 Å². The molecule has 0 atom stereocenters. The summed E-state index contributed by atoms with van der Waals surface area (Å²) >= 11 is 0. The fourth-order valence-electron chi connectivity index (χ4n) is 1.30. The molecule has 0 saturated carbocycles. The van der Waals surface area contributed by atoms with Gasteiger partial charge in [-0.05, 0) is 12.5 Å². The van der Waals surface area contributed by atoms with Crippen molar-refractivity contribution >= 4 is 19.7 Å². The third kappa shape index (κ3) is 2.89. The minimum atomic E-state index is -3.53. The van der Waals surface area contributed by atoms with Gasteiger partial charge in [-0.15, -0.1) is 0 Å². The molecule has 1 rings (SSSR count). The average Bonchev–Trinajstić information content (AvgIpc) is 2.01. The lowest BCUT2D eigenvalue weighted by Crippen LogP contribution is -1.99. The van der Waals surface area contributed by atoms with E-state index in [1.165, 1.54) is 7.11 Å². The highest BCUT2D eigenvalue weighted by atomic mass is 35.7. The van der Waals surface area contributed by atoms with E-state index in [-0.39, 0.29) is 5.75 Å². The second kappa shape index (κ2) is 4.19. The van der Waals surface area contributed by atoms with Gasteiger partial charge < -0.3 is 4.74 Å². The van der Waals surface area contributed by atoms with Crippen LogP contribution in [0.25, 0.3) is 0 Å². The predicted octanol–water partition coefficient (Wildman–Crippen LogP) is 2.07. The predicted molar refractivity (Wildman–Crippen MR) is 56.2 cm³/mol. The molecule has 78 valence electrons. The molecule has 0 heterocycles. The summed E-state index contributed by atoms with van der Waals surface area (Å²) in [6.07, 6.45) is 0. The van der Waals surface area contributed by atoms with Crippen LogP contribution < -0.4 is 4.74 Å². The van der Waals surface area contributed by atoms with Crippen molar-refractivity contribution < 1.29 is 13.2 Å². The molecule has 0 spiro atoms. The summed E-state index contributed by atoms with van der Waals surface area (Å²) in [4.78, 5) is 0. The molecule has 1 aromatic rings. The lowest BCUT2D eigenvalue weighted by Gasteiger charge is -2.09. The summed E-state index contributed by atoms with van der Waals surface area (Å²) in [5.74, 6) is 0.371. The molecular weight excluding hydrogens is 224 g/mol. The first kappa shape index (κ1) is 11.3. The Hall–Kier alpha value is -0.740. The normalized spacial score (nSPS) is 11.4. The zero-order valence-electron chi connectivity index (χ0n) is 7.95. The molecule has 0 aliphatic rings. The number of ether oxygens (including phenoxy) is 1. The second-order valence-electron chi connectivity index (χ2n) is 2.95. The fourth-order valence-corrected chi connectivity index (χ4v) is 2.26. The van der Waals surface area contributed by atoms with Gasteiger partial charge >= 0.3 is 0 Å². The number of aryl methyl sites for hydroxylation is 1. The van der Waals surface area contributed by atoms with E-state index in [4.69, 9.17) is 15.4 Å². The van der Waals surface area contributed by atoms with E-state index in [1.807, 2.05) is 13.0 Å². The van der Waals surface area contributed by atoms with Crippen LogP contribution in [0.5, 0.6) is 5.75 Å². The van der Waals surface area contributed by atoms with E-state index < -0.39 is 9.05 Å². The molecule has 3 nitrogen and oxygen atoms in total. The Bertz CT molecular complexity index is 426. The summed E-state index contributed by atoms with van der Waals surface area (Å²) in [6, 6.07) is 5.31. The number of para-hydroxylation sites is 1. The maximum Gasteiger partial charge on any atom is 0.236 e. The van der Waals surface area contributed by atoms with Crippen LogP contribution in [0.4, 0.5) is 0 Å². The minimum Gasteiger partial charge on any atom is -0.496 e. The topological polar surface area (TPSA) is 43.4 Å². The first-order valence-corrected chi connectivity index (χ1v) is 6.46. The summed E-state index contributed by atoms with van der Waals surface area (Å²) in [7, 11) is 3.14. The Morgan fingerprint density at radius 2 is 2.07 bits per heavy atom. The van der Waals surface area contributed by atoms with Gasteiger partial charge in [0.15, 0.2) is 0 Å². The molecule has 0 saturated heterocycles. The van der Waals surface area contributed by atoms with E-state index in [0.29, 0.717) is 11.3 Å². The van der Waals surface area contributed by atoms with Crippen molar-refractivity contribution in [3.8, 4) is 5.75 Å². The van der Waals surface area contributed by atoms with Crippen LogP contribution >= 0.6 is 10.7 Å². The molecule has 0 unspecified atom stereocenters. The summed E-state index contributed by atoms with van der Waals surface area (Å²) in [5, 5.41) is 0. The molecule has 0 aromatic heterocycles.